The van der Waals surface area contributed by atoms with Crippen molar-refractivity contribution in [2.24, 2.45) is 5.92 Å². The summed E-state index contributed by atoms with van der Waals surface area (Å²) in [5.74, 6) is -0.992. The first-order valence-electron chi connectivity index (χ1n) is 12.6. The molecule has 1 aromatic carbocycles. The summed E-state index contributed by atoms with van der Waals surface area (Å²) >= 11 is 0. The second-order valence-electron chi connectivity index (χ2n) is 10.1. The van der Waals surface area contributed by atoms with Gasteiger partial charge in [-0.2, -0.15) is 4.31 Å². The third kappa shape index (κ3) is 5.86. The van der Waals surface area contributed by atoms with Crippen molar-refractivity contribution in [1.82, 2.24) is 19.8 Å². The zero-order valence-corrected chi connectivity index (χ0v) is 22.8. The maximum Gasteiger partial charge on any atom is 0.287 e. The van der Waals surface area contributed by atoms with Crippen molar-refractivity contribution >= 4 is 38.6 Å². The number of hydrogen-bond donors (Lipinski definition) is 2. The molecule has 2 aliphatic heterocycles. The monoisotopic (exact) mass is 546 g/mol. The summed E-state index contributed by atoms with van der Waals surface area (Å²) in [4.78, 5) is 40.7. The minimum absolute atomic E-state index is 0.0399. The van der Waals surface area contributed by atoms with E-state index < -0.39 is 39.7 Å². The molecule has 12 heteroatoms. The Bertz CT molecular complexity index is 1330. The third-order valence-electron chi connectivity index (χ3n) is 6.62. The average Bonchev–Trinajstić information content (AvgIpc) is 3.38. The highest BCUT2D eigenvalue weighted by Crippen LogP contribution is 2.27. The van der Waals surface area contributed by atoms with Crippen molar-refractivity contribution in [1.29, 1.82) is 0 Å². The second-order valence-corrected chi connectivity index (χ2v) is 12.0. The normalized spacial score (nSPS) is 20.0. The molecule has 3 heterocycles. The molecule has 2 aliphatic rings. The Labute approximate surface area is 222 Å². The van der Waals surface area contributed by atoms with E-state index >= 15 is 0 Å². The lowest BCUT2D eigenvalue weighted by molar-refractivity contribution is -0.129. The molecule has 1 aromatic heterocycles. The second kappa shape index (κ2) is 11.2. The molecule has 0 saturated carbocycles. The van der Waals surface area contributed by atoms with Gasteiger partial charge < -0.3 is 24.7 Å². The molecule has 11 nitrogen and oxygen atoms in total. The lowest BCUT2D eigenvalue weighted by Gasteiger charge is -2.24. The predicted molar refractivity (Wildman–Crippen MR) is 140 cm³/mol. The molecule has 0 radical (unpaired) electrons. The summed E-state index contributed by atoms with van der Waals surface area (Å²) in [5, 5.41) is 6.30. The number of amides is 2. The van der Waals surface area contributed by atoms with Gasteiger partial charge in [-0.3, -0.25) is 14.4 Å². The van der Waals surface area contributed by atoms with Gasteiger partial charge in [0.2, 0.25) is 5.91 Å². The van der Waals surface area contributed by atoms with E-state index in [9.17, 15) is 22.8 Å². The molecule has 0 spiro atoms. The van der Waals surface area contributed by atoms with Crippen molar-refractivity contribution in [2.45, 2.75) is 52.1 Å². The maximum absolute atomic E-state index is 13.2. The van der Waals surface area contributed by atoms with Crippen LogP contribution in [0.1, 0.15) is 50.6 Å². The van der Waals surface area contributed by atoms with E-state index in [1.54, 1.807) is 32.2 Å². The average molecular weight is 547 g/mol. The maximum atomic E-state index is 13.2. The zero-order valence-electron chi connectivity index (χ0n) is 22.0. The van der Waals surface area contributed by atoms with E-state index in [-0.39, 0.29) is 48.7 Å². The van der Waals surface area contributed by atoms with E-state index in [2.05, 4.69) is 10.6 Å². The third-order valence-corrected chi connectivity index (χ3v) is 8.70. The van der Waals surface area contributed by atoms with Gasteiger partial charge in [0, 0.05) is 19.0 Å². The molecule has 2 atom stereocenters. The minimum Gasteiger partial charge on any atom is -0.475 e. The molecule has 2 aromatic rings. The Morgan fingerprint density at radius 2 is 1.95 bits per heavy atom. The number of carbonyl (C=O) groups excluding carboxylic acids is 3. The highest BCUT2D eigenvalue weighted by Gasteiger charge is 2.39. The largest absolute Gasteiger partial charge is 0.475 e. The molecule has 2 amide bonds. The standard InChI is InChI=1S/C26H34N4O7S/c1-16(2)12-20(28-25(33)23-13-18-8-5-6-10-22(18)37-23)24(32)27-19-9-7-11-30(14-21(19)31)38(34,35)26-17(3)36-15-29(26)4/h5-6,8,10,13,16,19-20H,7,9,11-12,14-15H2,1-4H3,(H,27,32)(H,28,33)/t19-,20?/m0/s1. The molecule has 0 aliphatic carbocycles. The van der Waals surface area contributed by atoms with E-state index in [4.69, 9.17) is 9.15 Å². The summed E-state index contributed by atoms with van der Waals surface area (Å²) < 4.78 is 38.6. The van der Waals surface area contributed by atoms with Crippen LogP contribution in [0.4, 0.5) is 0 Å². The summed E-state index contributed by atoms with van der Waals surface area (Å²) in [5.41, 5.74) is 0.562. The fraction of sp³-hybridized carbons (Fsp3) is 0.500. The van der Waals surface area contributed by atoms with Gasteiger partial charge in [-0.15, -0.1) is 0 Å². The number of fused-ring (bicyclic) bond motifs is 1. The Balaban J connectivity index is 1.44. The van der Waals surface area contributed by atoms with Gasteiger partial charge in [0.25, 0.3) is 15.9 Å². The van der Waals surface area contributed by atoms with Crippen molar-refractivity contribution in [2.75, 3.05) is 26.9 Å². The van der Waals surface area contributed by atoms with Crippen LogP contribution in [0.3, 0.4) is 0 Å². The number of ketones is 1. The van der Waals surface area contributed by atoms with Crippen LogP contribution in [0.2, 0.25) is 0 Å². The van der Waals surface area contributed by atoms with Gasteiger partial charge in [-0.05, 0) is 44.2 Å². The number of ether oxygens (including phenoxy) is 1. The minimum atomic E-state index is -3.95. The summed E-state index contributed by atoms with van der Waals surface area (Å²) in [7, 11) is -2.33. The van der Waals surface area contributed by atoms with Gasteiger partial charge in [0.05, 0.1) is 12.6 Å². The van der Waals surface area contributed by atoms with Crippen molar-refractivity contribution < 1.29 is 32.0 Å². The quantitative estimate of drug-likeness (QED) is 0.514. The van der Waals surface area contributed by atoms with E-state index in [0.717, 1.165) is 9.69 Å². The molecular weight excluding hydrogens is 512 g/mol. The SMILES string of the molecule is CC1=C(S(=O)(=O)N2CCC[C@H](NC(=O)C(CC(C)C)NC(=O)c3cc4ccccc4o3)C(=O)C2)N(C)CO1. The van der Waals surface area contributed by atoms with Crippen molar-refractivity contribution in [3.05, 3.63) is 46.9 Å². The number of furan rings is 1. The summed E-state index contributed by atoms with van der Waals surface area (Å²) in [6.45, 7) is 5.33. The molecular formula is C26H34N4O7S. The number of nitrogens with one attached hydrogen (secondary N) is 2. The van der Waals surface area contributed by atoms with Crippen LogP contribution in [-0.4, -0.2) is 74.2 Å². The summed E-state index contributed by atoms with van der Waals surface area (Å²) in [6.07, 6.45) is 1.01. The van der Waals surface area contributed by atoms with E-state index in [1.807, 2.05) is 26.0 Å². The number of allylic oxidation sites excluding steroid dienone is 1. The Kier molecular flexibility index (Phi) is 8.12. The van der Waals surface area contributed by atoms with Crippen molar-refractivity contribution in [3.8, 4) is 0 Å². The first-order valence-corrected chi connectivity index (χ1v) is 14.1. The molecule has 206 valence electrons. The van der Waals surface area contributed by atoms with Gasteiger partial charge in [0.1, 0.15) is 17.4 Å². The van der Waals surface area contributed by atoms with Gasteiger partial charge in [-0.25, -0.2) is 8.42 Å². The highest BCUT2D eigenvalue weighted by atomic mass is 32.2. The van der Waals surface area contributed by atoms with Crippen LogP contribution in [0.25, 0.3) is 11.0 Å². The number of para-hydroxylation sites is 1. The van der Waals surface area contributed by atoms with Crippen LogP contribution in [0.15, 0.2) is 45.5 Å². The lowest BCUT2D eigenvalue weighted by atomic mass is 10.0. The first-order chi connectivity index (χ1) is 18.0. The number of rotatable bonds is 8. The molecule has 38 heavy (non-hydrogen) atoms. The van der Waals surface area contributed by atoms with Gasteiger partial charge in [0.15, 0.2) is 23.3 Å². The summed E-state index contributed by atoms with van der Waals surface area (Å²) in [6, 6.07) is 7.06. The van der Waals surface area contributed by atoms with Crippen molar-refractivity contribution in [3.63, 3.8) is 0 Å². The van der Waals surface area contributed by atoms with Crippen LogP contribution >= 0.6 is 0 Å². The number of carbonyl (C=O) groups is 3. The molecule has 1 unspecified atom stereocenters. The van der Waals surface area contributed by atoms with Gasteiger partial charge in [-0.1, -0.05) is 32.0 Å². The smallest absolute Gasteiger partial charge is 0.287 e. The van der Waals surface area contributed by atoms with Gasteiger partial charge >= 0.3 is 0 Å². The number of sulfonamides is 1. The molecule has 0 bridgehead atoms. The number of benzene rings is 1. The Hall–Kier alpha value is -3.38. The van der Waals surface area contributed by atoms with Crippen LogP contribution in [-0.2, 0) is 24.3 Å². The Morgan fingerprint density at radius 3 is 2.61 bits per heavy atom. The number of nitrogens with zero attached hydrogens (tertiary/aromatic N) is 2. The predicted octanol–water partition coefficient (Wildman–Crippen LogP) is 2.17. The zero-order chi connectivity index (χ0) is 27.6. The molecule has 4 rings (SSSR count). The highest BCUT2D eigenvalue weighted by molar-refractivity contribution is 7.93. The van der Waals surface area contributed by atoms with Crippen LogP contribution in [0, 0.1) is 5.92 Å². The van der Waals surface area contributed by atoms with E-state index in [0.29, 0.717) is 18.4 Å². The molecule has 1 saturated heterocycles. The van der Waals surface area contributed by atoms with Crippen LogP contribution in [0.5, 0.6) is 0 Å². The van der Waals surface area contributed by atoms with E-state index in [1.165, 1.54) is 4.90 Å². The fourth-order valence-electron chi connectivity index (χ4n) is 4.74. The number of Topliss-reactive ketones (excluding diaryl/α,β-unsaturated/α-hetero) is 1. The first kappa shape index (κ1) is 27.6. The Morgan fingerprint density at radius 1 is 1.21 bits per heavy atom. The number of hydrogen-bond acceptors (Lipinski definition) is 8. The lowest BCUT2D eigenvalue weighted by Crippen LogP contribution is -2.52. The molecule has 1 fully saturated rings. The molecule has 2 N–H and O–H groups in total. The topological polar surface area (TPSA) is 138 Å². The van der Waals surface area contributed by atoms with Crippen LogP contribution < -0.4 is 10.6 Å². The fourth-order valence-corrected chi connectivity index (χ4v) is 6.52.